The first-order valence-corrected chi connectivity index (χ1v) is 16.2. The number of anilines is 1. The molecule has 2 fully saturated rings. The Morgan fingerprint density at radius 2 is 2.05 bits per heavy atom. The zero-order valence-electron chi connectivity index (χ0n) is 21.2. The number of fused-ring (bicyclic) bond motifs is 1. The maximum absolute atomic E-state index is 14.2. The molecule has 38 heavy (non-hydrogen) atoms. The third-order valence-electron chi connectivity index (χ3n) is 6.92. The van der Waals surface area contributed by atoms with E-state index in [1.165, 1.54) is 27.0 Å². The summed E-state index contributed by atoms with van der Waals surface area (Å²) in [6, 6.07) is 6.04. The highest BCUT2D eigenvalue weighted by atomic mass is 35.5. The van der Waals surface area contributed by atoms with Crippen molar-refractivity contribution in [3.8, 4) is 5.75 Å². The van der Waals surface area contributed by atoms with Gasteiger partial charge in [0, 0.05) is 32.7 Å². The Hall–Kier alpha value is -1.80. The second-order valence-corrected chi connectivity index (χ2v) is 13.7. The summed E-state index contributed by atoms with van der Waals surface area (Å²) in [7, 11) is -2.21. The fraction of sp³-hybridized carbons (Fsp3) is 0.520. The van der Waals surface area contributed by atoms with Crippen LogP contribution in [0.2, 0.25) is 5.02 Å². The summed E-state index contributed by atoms with van der Waals surface area (Å²) in [6.07, 6.45) is 2.70. The third kappa shape index (κ3) is 5.72. The number of morpholine rings is 1. The van der Waals surface area contributed by atoms with Crippen LogP contribution in [0.25, 0.3) is 10.2 Å². The van der Waals surface area contributed by atoms with E-state index in [0.717, 1.165) is 43.6 Å². The number of halogens is 1. The lowest BCUT2D eigenvalue weighted by molar-refractivity contribution is -0.123. The minimum atomic E-state index is -3.78. The van der Waals surface area contributed by atoms with E-state index in [1.54, 1.807) is 41.7 Å². The van der Waals surface area contributed by atoms with Crippen LogP contribution in [0.5, 0.6) is 5.75 Å². The van der Waals surface area contributed by atoms with Crippen molar-refractivity contribution in [2.24, 2.45) is 0 Å². The van der Waals surface area contributed by atoms with Crippen LogP contribution in [0.15, 0.2) is 33.9 Å². The SMILES string of the molecule is COc1ccc(Cl)c2sc(N(CCCN3CCOCC3)C(=O)C3CCCCN3S(=O)(=O)c3cccs3)nc12. The van der Waals surface area contributed by atoms with Gasteiger partial charge in [-0.3, -0.25) is 14.6 Å². The van der Waals surface area contributed by atoms with Crippen molar-refractivity contribution in [2.75, 3.05) is 57.9 Å². The van der Waals surface area contributed by atoms with E-state index in [9.17, 15) is 13.2 Å². The number of thiazole rings is 1. The van der Waals surface area contributed by atoms with E-state index in [2.05, 4.69) is 4.90 Å². The number of hydrogen-bond acceptors (Lipinski definition) is 9. The summed E-state index contributed by atoms with van der Waals surface area (Å²) in [5, 5.41) is 2.77. The van der Waals surface area contributed by atoms with E-state index < -0.39 is 16.1 Å². The van der Waals surface area contributed by atoms with Crippen molar-refractivity contribution in [1.82, 2.24) is 14.2 Å². The van der Waals surface area contributed by atoms with Crippen molar-refractivity contribution in [3.05, 3.63) is 34.7 Å². The number of piperidine rings is 1. The first kappa shape index (κ1) is 27.8. The van der Waals surface area contributed by atoms with Crippen LogP contribution in [0.4, 0.5) is 5.13 Å². The molecular formula is C25H31ClN4O5S3. The van der Waals surface area contributed by atoms with Gasteiger partial charge in [0.25, 0.3) is 10.0 Å². The normalized spacial score (nSPS) is 19.6. The summed E-state index contributed by atoms with van der Waals surface area (Å²) in [4.78, 5) is 23.0. The molecular weight excluding hydrogens is 568 g/mol. The summed E-state index contributed by atoms with van der Waals surface area (Å²) >= 11 is 8.98. The first-order chi connectivity index (χ1) is 18.4. The molecule has 2 aromatic heterocycles. The van der Waals surface area contributed by atoms with E-state index in [1.807, 2.05) is 0 Å². The van der Waals surface area contributed by atoms with Gasteiger partial charge < -0.3 is 9.47 Å². The fourth-order valence-electron chi connectivity index (χ4n) is 4.94. The zero-order chi connectivity index (χ0) is 26.7. The number of nitrogens with zero attached hydrogens (tertiary/aromatic N) is 4. The van der Waals surface area contributed by atoms with Crippen LogP contribution in [0, 0.1) is 0 Å². The predicted molar refractivity (Wildman–Crippen MR) is 151 cm³/mol. The molecule has 0 spiro atoms. The van der Waals surface area contributed by atoms with Crippen LogP contribution in [0.1, 0.15) is 25.7 Å². The van der Waals surface area contributed by atoms with Crippen LogP contribution < -0.4 is 9.64 Å². The van der Waals surface area contributed by atoms with Crippen molar-refractivity contribution in [2.45, 2.75) is 35.9 Å². The Morgan fingerprint density at radius 1 is 1.24 bits per heavy atom. The monoisotopic (exact) mass is 598 g/mol. The smallest absolute Gasteiger partial charge is 0.253 e. The Kier molecular flexibility index (Phi) is 8.88. The van der Waals surface area contributed by atoms with Gasteiger partial charge in [0.2, 0.25) is 5.91 Å². The van der Waals surface area contributed by atoms with Crippen molar-refractivity contribution < 1.29 is 22.7 Å². The van der Waals surface area contributed by atoms with E-state index in [0.29, 0.717) is 54.1 Å². The van der Waals surface area contributed by atoms with E-state index in [-0.39, 0.29) is 10.1 Å². The summed E-state index contributed by atoms with van der Waals surface area (Å²) in [5.41, 5.74) is 0.595. The molecule has 1 unspecified atom stereocenters. The Balaban J connectivity index is 1.47. The minimum Gasteiger partial charge on any atom is -0.494 e. The van der Waals surface area contributed by atoms with E-state index >= 15 is 0 Å². The summed E-state index contributed by atoms with van der Waals surface area (Å²) < 4.78 is 40.4. The fourth-order valence-corrected chi connectivity index (χ4v) is 9.00. The number of thiophene rings is 1. The van der Waals surface area contributed by atoms with Crippen LogP contribution >= 0.6 is 34.3 Å². The van der Waals surface area contributed by atoms with Gasteiger partial charge in [-0.2, -0.15) is 4.31 Å². The molecule has 3 aromatic rings. The molecule has 2 aliphatic heterocycles. The number of hydrogen-bond donors (Lipinski definition) is 0. The molecule has 1 aromatic carbocycles. The van der Waals surface area contributed by atoms with Gasteiger partial charge in [-0.1, -0.05) is 35.4 Å². The molecule has 0 aliphatic carbocycles. The van der Waals surface area contributed by atoms with Gasteiger partial charge >= 0.3 is 0 Å². The molecule has 2 aliphatic rings. The Labute approximate surface area is 236 Å². The summed E-state index contributed by atoms with van der Waals surface area (Å²) in [6.45, 7) is 4.67. The Bertz CT molecular complexity index is 1360. The maximum Gasteiger partial charge on any atom is 0.253 e. The molecule has 4 heterocycles. The third-order valence-corrected chi connectivity index (χ3v) is 11.7. The highest BCUT2D eigenvalue weighted by Crippen LogP contribution is 2.39. The molecule has 5 rings (SSSR count). The number of carbonyl (C=O) groups is 1. The lowest BCUT2D eigenvalue weighted by Crippen LogP contribution is -2.53. The molecule has 206 valence electrons. The average Bonchev–Trinajstić information content (AvgIpc) is 3.64. The Morgan fingerprint density at radius 3 is 2.79 bits per heavy atom. The first-order valence-electron chi connectivity index (χ1n) is 12.7. The topological polar surface area (TPSA) is 92.3 Å². The molecule has 2 saturated heterocycles. The molecule has 0 N–H and O–H groups in total. The maximum atomic E-state index is 14.2. The van der Waals surface area contributed by atoms with Gasteiger partial charge in [0.1, 0.15) is 21.5 Å². The van der Waals surface area contributed by atoms with Crippen molar-refractivity contribution in [3.63, 3.8) is 0 Å². The molecule has 1 atom stereocenters. The van der Waals surface area contributed by atoms with Gasteiger partial charge in [0.15, 0.2) is 5.13 Å². The van der Waals surface area contributed by atoms with Crippen LogP contribution in [-0.2, 0) is 19.6 Å². The number of sulfonamides is 1. The number of methoxy groups -OCH3 is 1. The minimum absolute atomic E-state index is 0.249. The lowest BCUT2D eigenvalue weighted by atomic mass is 10.0. The van der Waals surface area contributed by atoms with E-state index in [4.69, 9.17) is 26.1 Å². The lowest BCUT2D eigenvalue weighted by Gasteiger charge is -2.36. The quantitative estimate of drug-likeness (QED) is 0.362. The second kappa shape index (κ2) is 12.2. The van der Waals surface area contributed by atoms with Crippen LogP contribution in [-0.4, -0.2) is 87.6 Å². The zero-order valence-corrected chi connectivity index (χ0v) is 24.4. The van der Waals surface area contributed by atoms with Crippen LogP contribution in [0.3, 0.4) is 0 Å². The average molecular weight is 599 g/mol. The largest absolute Gasteiger partial charge is 0.494 e. The summed E-state index contributed by atoms with van der Waals surface area (Å²) in [5.74, 6) is 0.327. The molecule has 13 heteroatoms. The van der Waals surface area contributed by atoms with Crippen molar-refractivity contribution >= 4 is 65.6 Å². The van der Waals surface area contributed by atoms with Gasteiger partial charge in [-0.25, -0.2) is 13.4 Å². The number of amides is 1. The number of benzene rings is 1. The standard InChI is InChI=1S/C25H31ClN4O5S3/c1-34-20-9-8-18(26)23-22(20)27-25(37-23)29(11-5-10-28-13-15-35-16-14-28)24(31)19-6-2-3-12-30(19)38(32,33)21-7-4-17-36-21/h4,7-9,17,19H,2-3,5-6,10-16H2,1H3. The number of carbonyl (C=O) groups excluding carboxylic acids is 1. The van der Waals surface area contributed by atoms with Gasteiger partial charge in [0.05, 0.1) is 30.0 Å². The molecule has 0 saturated carbocycles. The van der Waals surface area contributed by atoms with Crippen molar-refractivity contribution in [1.29, 1.82) is 0 Å². The number of rotatable bonds is 9. The highest BCUT2D eigenvalue weighted by Gasteiger charge is 2.41. The second-order valence-electron chi connectivity index (χ2n) is 9.28. The highest BCUT2D eigenvalue weighted by molar-refractivity contribution is 7.91. The number of aromatic nitrogens is 1. The number of ether oxygens (including phenoxy) is 2. The molecule has 9 nitrogen and oxygen atoms in total. The van der Waals surface area contributed by atoms with Gasteiger partial charge in [-0.15, -0.1) is 11.3 Å². The predicted octanol–water partition coefficient (Wildman–Crippen LogP) is 4.32. The molecule has 0 radical (unpaired) electrons. The molecule has 0 bridgehead atoms. The molecule has 1 amide bonds. The van der Waals surface area contributed by atoms with Gasteiger partial charge in [-0.05, 0) is 42.8 Å².